The van der Waals surface area contributed by atoms with Gasteiger partial charge in [0.05, 0.1) is 0 Å². The molecule has 3 nitrogen and oxygen atoms in total. The Morgan fingerprint density at radius 1 is 0.952 bits per heavy atom. The molecule has 1 N–H and O–H groups in total. The van der Waals surface area contributed by atoms with E-state index < -0.39 is 5.60 Å². The number of nitrogens with zero attached hydrogens (tertiary/aromatic N) is 2. The molecule has 110 valence electrons. The lowest BCUT2D eigenvalue weighted by atomic mass is 9.84. The van der Waals surface area contributed by atoms with Crippen molar-refractivity contribution in [1.29, 1.82) is 0 Å². The second-order valence-corrected chi connectivity index (χ2v) is 5.76. The Balaban J connectivity index is 1.87. The first-order chi connectivity index (χ1) is 10.3. The van der Waals surface area contributed by atoms with Crippen molar-refractivity contribution in [2.24, 2.45) is 0 Å². The molecule has 1 aromatic carbocycles. The summed E-state index contributed by atoms with van der Waals surface area (Å²) in [5.41, 5.74) is 0.936. The van der Waals surface area contributed by atoms with Crippen molar-refractivity contribution in [3.05, 3.63) is 66.0 Å². The van der Waals surface area contributed by atoms with E-state index in [2.05, 4.69) is 9.88 Å². The largest absolute Gasteiger partial charge is 0.380 e. The van der Waals surface area contributed by atoms with E-state index in [9.17, 15) is 5.11 Å². The number of hydrogen-bond acceptors (Lipinski definition) is 3. The van der Waals surface area contributed by atoms with Crippen LogP contribution in [0.2, 0.25) is 0 Å². The van der Waals surface area contributed by atoms with Gasteiger partial charge in [0.25, 0.3) is 0 Å². The van der Waals surface area contributed by atoms with Gasteiger partial charge in [-0.15, -0.1) is 0 Å². The van der Waals surface area contributed by atoms with Gasteiger partial charge >= 0.3 is 0 Å². The predicted octanol–water partition coefficient (Wildman–Crippen LogP) is 2.80. The summed E-state index contributed by atoms with van der Waals surface area (Å²) in [6.45, 7) is 3.23. The van der Waals surface area contributed by atoms with Gasteiger partial charge in [-0.25, -0.2) is 0 Å². The minimum absolute atomic E-state index is 0.709. The maximum absolute atomic E-state index is 11.4. The maximum atomic E-state index is 11.4. The fourth-order valence-electron chi connectivity index (χ4n) is 3.12. The number of hydrogen-bond donors (Lipinski definition) is 1. The highest BCUT2D eigenvalue weighted by Crippen LogP contribution is 2.33. The molecule has 0 radical (unpaired) electrons. The van der Waals surface area contributed by atoms with Crippen LogP contribution in [-0.2, 0) is 5.60 Å². The number of rotatable bonds is 5. The Morgan fingerprint density at radius 2 is 1.57 bits per heavy atom. The molecule has 0 spiro atoms. The van der Waals surface area contributed by atoms with Crippen LogP contribution in [0.15, 0.2) is 54.9 Å². The molecule has 3 rings (SSSR count). The summed E-state index contributed by atoms with van der Waals surface area (Å²) >= 11 is 0. The summed E-state index contributed by atoms with van der Waals surface area (Å²) in [4.78, 5) is 6.51. The molecular formula is C18H22N2O. The van der Waals surface area contributed by atoms with Crippen LogP contribution in [0.3, 0.4) is 0 Å². The first-order valence-electron chi connectivity index (χ1n) is 7.70. The van der Waals surface area contributed by atoms with Crippen LogP contribution in [0.25, 0.3) is 0 Å². The lowest BCUT2D eigenvalue weighted by Crippen LogP contribution is -2.33. The normalized spacial score (nSPS) is 18.5. The van der Waals surface area contributed by atoms with Crippen molar-refractivity contribution in [2.45, 2.75) is 24.9 Å². The van der Waals surface area contributed by atoms with Crippen LogP contribution in [0, 0.1) is 0 Å². The summed E-state index contributed by atoms with van der Waals surface area (Å²) in [6.07, 6.45) is 6.76. The average Bonchev–Trinajstić information content (AvgIpc) is 3.08. The molecule has 1 saturated heterocycles. The lowest BCUT2D eigenvalue weighted by Gasteiger charge is -2.31. The van der Waals surface area contributed by atoms with E-state index in [1.807, 2.05) is 42.5 Å². The number of likely N-dealkylation sites (tertiary alicyclic amines) is 1. The fraction of sp³-hybridized carbons (Fsp3) is 0.389. The Morgan fingerprint density at radius 3 is 2.24 bits per heavy atom. The van der Waals surface area contributed by atoms with Crippen molar-refractivity contribution < 1.29 is 5.11 Å². The molecule has 1 aliphatic heterocycles. The zero-order chi connectivity index (χ0) is 14.5. The van der Waals surface area contributed by atoms with E-state index in [0.717, 1.165) is 30.8 Å². The van der Waals surface area contributed by atoms with Crippen LogP contribution in [0.1, 0.15) is 30.4 Å². The molecule has 2 aromatic rings. The van der Waals surface area contributed by atoms with E-state index in [-0.39, 0.29) is 0 Å². The summed E-state index contributed by atoms with van der Waals surface area (Å²) in [7, 11) is 0. The third kappa shape index (κ3) is 3.14. The van der Waals surface area contributed by atoms with Gasteiger partial charge in [0, 0.05) is 18.9 Å². The van der Waals surface area contributed by atoms with Crippen molar-refractivity contribution in [1.82, 2.24) is 9.88 Å². The molecular weight excluding hydrogens is 260 g/mol. The van der Waals surface area contributed by atoms with Gasteiger partial charge < -0.3 is 10.0 Å². The second-order valence-electron chi connectivity index (χ2n) is 5.76. The Kier molecular flexibility index (Phi) is 4.32. The SMILES string of the molecule is OC(CCN1CCCC1)(c1ccccc1)c1ccncc1. The minimum atomic E-state index is -0.938. The summed E-state index contributed by atoms with van der Waals surface area (Å²) in [6, 6.07) is 13.8. The Bertz CT molecular complexity index is 510. The van der Waals surface area contributed by atoms with Crippen molar-refractivity contribution >= 4 is 0 Å². The average molecular weight is 282 g/mol. The quantitative estimate of drug-likeness (QED) is 0.916. The maximum Gasteiger partial charge on any atom is 0.116 e. The highest BCUT2D eigenvalue weighted by atomic mass is 16.3. The van der Waals surface area contributed by atoms with Gasteiger partial charge in [-0.2, -0.15) is 0 Å². The smallest absolute Gasteiger partial charge is 0.116 e. The molecule has 0 saturated carbocycles. The van der Waals surface area contributed by atoms with Crippen molar-refractivity contribution in [3.8, 4) is 0 Å². The summed E-state index contributed by atoms with van der Waals surface area (Å²) < 4.78 is 0. The number of aromatic nitrogens is 1. The van der Waals surface area contributed by atoms with Crippen LogP contribution in [0.5, 0.6) is 0 Å². The molecule has 1 aromatic heterocycles. The van der Waals surface area contributed by atoms with Gasteiger partial charge in [-0.1, -0.05) is 30.3 Å². The van der Waals surface area contributed by atoms with Crippen molar-refractivity contribution in [2.75, 3.05) is 19.6 Å². The number of benzene rings is 1. The zero-order valence-corrected chi connectivity index (χ0v) is 12.3. The molecule has 1 fully saturated rings. The minimum Gasteiger partial charge on any atom is -0.380 e. The molecule has 1 unspecified atom stereocenters. The summed E-state index contributed by atoms with van der Waals surface area (Å²) in [5.74, 6) is 0. The van der Waals surface area contributed by atoms with Gasteiger partial charge in [-0.3, -0.25) is 4.98 Å². The third-order valence-electron chi connectivity index (χ3n) is 4.40. The highest BCUT2D eigenvalue weighted by Gasteiger charge is 2.32. The zero-order valence-electron chi connectivity index (χ0n) is 12.3. The Hall–Kier alpha value is -1.71. The van der Waals surface area contributed by atoms with Crippen LogP contribution >= 0.6 is 0 Å². The van der Waals surface area contributed by atoms with Gasteiger partial charge in [0.15, 0.2) is 0 Å². The topological polar surface area (TPSA) is 36.4 Å². The third-order valence-corrected chi connectivity index (χ3v) is 4.40. The lowest BCUT2D eigenvalue weighted by molar-refractivity contribution is 0.0601. The van der Waals surface area contributed by atoms with Crippen molar-refractivity contribution in [3.63, 3.8) is 0 Å². The molecule has 1 aliphatic rings. The Labute approximate surface area is 126 Å². The molecule has 0 bridgehead atoms. The van der Waals surface area contributed by atoms with Gasteiger partial charge in [0.1, 0.15) is 5.60 Å². The van der Waals surface area contributed by atoms with Crippen LogP contribution < -0.4 is 0 Å². The first-order valence-corrected chi connectivity index (χ1v) is 7.70. The summed E-state index contributed by atoms with van der Waals surface area (Å²) in [5, 5.41) is 11.4. The second kappa shape index (κ2) is 6.37. The van der Waals surface area contributed by atoms with E-state index in [0.29, 0.717) is 6.42 Å². The number of pyridine rings is 1. The van der Waals surface area contributed by atoms with Crippen LogP contribution in [0.4, 0.5) is 0 Å². The van der Waals surface area contributed by atoms with E-state index >= 15 is 0 Å². The van der Waals surface area contributed by atoms with E-state index in [1.54, 1.807) is 12.4 Å². The van der Waals surface area contributed by atoms with E-state index in [4.69, 9.17) is 0 Å². The molecule has 1 atom stereocenters. The first kappa shape index (κ1) is 14.2. The van der Waals surface area contributed by atoms with E-state index in [1.165, 1.54) is 12.8 Å². The highest BCUT2D eigenvalue weighted by molar-refractivity contribution is 5.34. The van der Waals surface area contributed by atoms with Gasteiger partial charge in [-0.05, 0) is 55.6 Å². The van der Waals surface area contributed by atoms with Gasteiger partial charge in [0.2, 0.25) is 0 Å². The molecule has 0 aliphatic carbocycles. The number of aliphatic hydroxyl groups is 1. The molecule has 2 heterocycles. The molecule has 3 heteroatoms. The standard InChI is InChI=1S/C18H22N2O/c21-18(16-6-2-1-3-7-16,17-8-11-19-12-9-17)10-15-20-13-4-5-14-20/h1-3,6-9,11-12,21H,4-5,10,13-15H2. The molecule has 0 amide bonds. The predicted molar refractivity (Wildman–Crippen MR) is 84.0 cm³/mol. The molecule has 21 heavy (non-hydrogen) atoms. The monoisotopic (exact) mass is 282 g/mol. The van der Waals surface area contributed by atoms with Crippen LogP contribution in [-0.4, -0.2) is 34.6 Å². The fourth-order valence-corrected chi connectivity index (χ4v) is 3.12.